The van der Waals surface area contributed by atoms with E-state index in [9.17, 15) is 4.79 Å². The van der Waals surface area contributed by atoms with E-state index in [1.54, 1.807) is 0 Å². The Hall–Kier alpha value is -2.72. The van der Waals surface area contributed by atoms with Gasteiger partial charge in [0.15, 0.2) is 21.3 Å². The van der Waals surface area contributed by atoms with Gasteiger partial charge < -0.3 is 9.47 Å². The second-order valence-electron chi connectivity index (χ2n) is 10.3. The molecule has 4 bridgehead atoms. The van der Waals surface area contributed by atoms with Crippen LogP contribution in [0.25, 0.3) is 0 Å². The number of rotatable bonds is 7. The molecule has 7 rings (SSSR count). The van der Waals surface area contributed by atoms with Gasteiger partial charge >= 0.3 is 5.97 Å². The lowest BCUT2D eigenvalue weighted by atomic mass is 9.54. The first-order chi connectivity index (χ1) is 16.7. The summed E-state index contributed by atoms with van der Waals surface area (Å²) in [6.45, 7) is -0.0236. The van der Waals surface area contributed by atoms with E-state index in [2.05, 4.69) is 72.8 Å². The molecule has 4 aliphatic carbocycles. The van der Waals surface area contributed by atoms with Crippen molar-refractivity contribution in [2.45, 2.75) is 58.8 Å². The lowest BCUT2D eigenvalue weighted by Gasteiger charge is -2.55. The molecule has 34 heavy (non-hydrogen) atoms. The lowest BCUT2D eigenvalue weighted by Crippen LogP contribution is -2.53. The third kappa shape index (κ3) is 4.48. The summed E-state index contributed by atoms with van der Waals surface area (Å²) in [5, 5.41) is 0. The molecule has 0 amide bonds. The minimum atomic E-state index is -0.223. The summed E-state index contributed by atoms with van der Waals surface area (Å²) in [4.78, 5) is 16.5. The highest BCUT2D eigenvalue weighted by Gasteiger charge is 2.53. The molecule has 4 saturated carbocycles. The molecule has 0 radical (unpaired) electrons. The molecule has 3 aromatic rings. The first-order valence-electron chi connectivity index (χ1n) is 12.4. The molecule has 0 saturated heterocycles. The number of carbonyl (C=O) groups excluding carboxylic acids is 1. The van der Waals surface area contributed by atoms with Gasteiger partial charge in [-0.25, -0.2) is 4.79 Å². The largest absolute Gasteiger partial charge is 0.482 e. The van der Waals surface area contributed by atoms with Gasteiger partial charge in [0.2, 0.25) is 0 Å². The van der Waals surface area contributed by atoms with E-state index in [1.807, 2.05) is 12.1 Å². The number of carbonyl (C=O) groups is 1. The summed E-state index contributed by atoms with van der Waals surface area (Å²) < 4.78 is 11.9. The van der Waals surface area contributed by atoms with Crippen molar-refractivity contribution < 1.29 is 14.3 Å². The standard InChI is InChI=1S/C30H31O3S/c31-29(33-30-18-22-15-23(19-30)17-24(16-22)20-30)21-32-25-11-13-28(14-12-25)34(26-7-3-1-4-8-26)27-9-5-2-6-10-27/h1-14,22-24H,15-21H2/q+1. The minimum absolute atomic E-state index is 0.0236. The van der Waals surface area contributed by atoms with Gasteiger partial charge in [0, 0.05) is 0 Å². The quantitative estimate of drug-likeness (QED) is 0.285. The molecule has 0 heterocycles. The molecule has 3 nitrogen and oxygen atoms in total. The van der Waals surface area contributed by atoms with Crippen LogP contribution in [-0.2, 0) is 20.4 Å². The van der Waals surface area contributed by atoms with Crippen LogP contribution in [0.2, 0.25) is 0 Å². The Morgan fingerprint density at radius 3 is 1.68 bits per heavy atom. The van der Waals surface area contributed by atoms with Crippen molar-refractivity contribution >= 4 is 16.9 Å². The zero-order chi connectivity index (χ0) is 23.0. The third-order valence-corrected chi connectivity index (χ3v) is 9.92. The number of benzene rings is 3. The molecule has 174 valence electrons. The highest BCUT2D eigenvalue weighted by atomic mass is 32.2. The molecule has 4 fully saturated rings. The van der Waals surface area contributed by atoms with E-state index < -0.39 is 0 Å². The Morgan fingerprint density at radius 1 is 0.706 bits per heavy atom. The minimum Gasteiger partial charge on any atom is -0.482 e. The van der Waals surface area contributed by atoms with Crippen LogP contribution in [0, 0.1) is 17.8 Å². The van der Waals surface area contributed by atoms with Crippen molar-refractivity contribution in [3.63, 3.8) is 0 Å². The van der Waals surface area contributed by atoms with Crippen LogP contribution in [0.5, 0.6) is 5.75 Å². The smallest absolute Gasteiger partial charge is 0.344 e. The normalized spacial score (nSPS) is 27.0. The predicted octanol–water partition coefficient (Wildman–Crippen LogP) is 6.67. The molecular formula is C30H31O3S+. The molecule has 4 aliphatic rings. The highest BCUT2D eigenvalue weighted by Crippen LogP contribution is 2.57. The van der Waals surface area contributed by atoms with E-state index in [0.29, 0.717) is 5.75 Å². The van der Waals surface area contributed by atoms with Gasteiger partial charge in [-0.15, -0.1) is 0 Å². The van der Waals surface area contributed by atoms with Crippen molar-refractivity contribution in [2.24, 2.45) is 17.8 Å². The maximum Gasteiger partial charge on any atom is 0.344 e. The van der Waals surface area contributed by atoms with Crippen molar-refractivity contribution in [1.29, 1.82) is 0 Å². The fraction of sp³-hybridized carbons (Fsp3) is 0.367. The van der Waals surface area contributed by atoms with E-state index in [1.165, 1.54) is 33.9 Å². The molecule has 4 heteroatoms. The average Bonchev–Trinajstić information content (AvgIpc) is 2.84. The summed E-state index contributed by atoms with van der Waals surface area (Å²) >= 11 is 0. The molecular weight excluding hydrogens is 440 g/mol. The van der Waals surface area contributed by atoms with Crippen LogP contribution in [0.3, 0.4) is 0 Å². The summed E-state index contributed by atoms with van der Waals surface area (Å²) in [5.74, 6) is 2.76. The van der Waals surface area contributed by atoms with Crippen LogP contribution in [0.4, 0.5) is 0 Å². The predicted molar refractivity (Wildman–Crippen MR) is 134 cm³/mol. The van der Waals surface area contributed by atoms with E-state index in [0.717, 1.165) is 37.0 Å². The van der Waals surface area contributed by atoms with E-state index >= 15 is 0 Å². The Bertz CT molecular complexity index is 1050. The van der Waals surface area contributed by atoms with Crippen molar-refractivity contribution in [3.05, 3.63) is 84.9 Å². The van der Waals surface area contributed by atoms with Crippen molar-refractivity contribution in [1.82, 2.24) is 0 Å². The Balaban J connectivity index is 1.12. The first-order valence-corrected chi connectivity index (χ1v) is 13.7. The molecule has 0 unspecified atom stereocenters. The van der Waals surface area contributed by atoms with Gasteiger partial charge in [0.25, 0.3) is 0 Å². The average molecular weight is 472 g/mol. The molecule has 0 atom stereocenters. The molecule has 3 aromatic carbocycles. The fourth-order valence-electron chi connectivity index (χ4n) is 6.76. The molecule has 0 N–H and O–H groups in total. The topological polar surface area (TPSA) is 35.5 Å². The Morgan fingerprint density at radius 2 is 1.18 bits per heavy atom. The van der Waals surface area contributed by atoms with Gasteiger partial charge in [-0.05, 0) is 105 Å². The summed E-state index contributed by atoms with van der Waals surface area (Å²) in [7, 11) is -0.191. The fourth-order valence-corrected chi connectivity index (χ4v) is 8.85. The molecule has 0 aliphatic heterocycles. The van der Waals surface area contributed by atoms with Gasteiger partial charge in [-0.1, -0.05) is 36.4 Å². The Labute approximate surface area is 204 Å². The first kappa shape index (κ1) is 21.8. The van der Waals surface area contributed by atoms with Gasteiger partial charge in [-0.3, -0.25) is 0 Å². The molecule has 0 aromatic heterocycles. The lowest BCUT2D eigenvalue weighted by molar-refractivity contribution is -0.188. The van der Waals surface area contributed by atoms with Crippen LogP contribution in [0.15, 0.2) is 99.6 Å². The van der Waals surface area contributed by atoms with Crippen molar-refractivity contribution in [3.8, 4) is 5.75 Å². The third-order valence-electron chi connectivity index (χ3n) is 7.69. The number of ether oxygens (including phenoxy) is 2. The van der Waals surface area contributed by atoms with Gasteiger partial charge in [0.1, 0.15) is 11.4 Å². The number of hydrogen-bond acceptors (Lipinski definition) is 3. The molecule has 0 spiro atoms. The van der Waals surface area contributed by atoms with E-state index in [4.69, 9.17) is 9.47 Å². The zero-order valence-corrected chi connectivity index (χ0v) is 20.2. The van der Waals surface area contributed by atoms with E-state index in [-0.39, 0.29) is 29.1 Å². The summed E-state index contributed by atoms with van der Waals surface area (Å²) in [5.41, 5.74) is -0.210. The van der Waals surface area contributed by atoms with Crippen LogP contribution in [0.1, 0.15) is 38.5 Å². The van der Waals surface area contributed by atoms with Crippen LogP contribution < -0.4 is 4.74 Å². The number of esters is 1. The highest BCUT2D eigenvalue weighted by molar-refractivity contribution is 7.97. The van der Waals surface area contributed by atoms with Crippen molar-refractivity contribution in [2.75, 3.05) is 6.61 Å². The summed E-state index contributed by atoms with van der Waals surface area (Å²) in [6, 6.07) is 29.4. The number of hydrogen-bond donors (Lipinski definition) is 0. The second kappa shape index (κ2) is 9.14. The monoisotopic (exact) mass is 471 g/mol. The zero-order valence-electron chi connectivity index (χ0n) is 19.4. The Kier molecular flexibility index (Phi) is 5.86. The SMILES string of the molecule is O=C(COc1ccc([S+](c2ccccc2)c2ccccc2)cc1)OC12CC3CC(CC(C3)C1)C2. The van der Waals surface area contributed by atoms with Gasteiger partial charge in [0.05, 0.1) is 10.9 Å². The van der Waals surface area contributed by atoms with Crippen LogP contribution in [-0.4, -0.2) is 18.2 Å². The van der Waals surface area contributed by atoms with Crippen LogP contribution >= 0.6 is 0 Å². The van der Waals surface area contributed by atoms with Gasteiger partial charge in [-0.2, -0.15) is 0 Å². The maximum absolute atomic E-state index is 12.7. The summed E-state index contributed by atoms with van der Waals surface area (Å²) in [6.07, 6.45) is 7.19. The maximum atomic E-state index is 12.7. The second-order valence-corrected chi connectivity index (χ2v) is 12.3.